The maximum Gasteiger partial charge on any atom is 0.164 e. The van der Waals surface area contributed by atoms with Gasteiger partial charge in [-0.3, -0.25) is 9.97 Å². The van der Waals surface area contributed by atoms with Gasteiger partial charge in [0, 0.05) is 67.3 Å². The third-order valence-corrected chi connectivity index (χ3v) is 20.5. The summed E-state index contributed by atoms with van der Waals surface area (Å²) in [6.07, 6.45) is 0. The Bertz CT molecular complexity index is 6610. The average molecular weight is 1440 g/mol. The summed E-state index contributed by atoms with van der Waals surface area (Å²) < 4.78 is 0. The molecule has 0 radical (unpaired) electrons. The molecule has 0 aliphatic heterocycles. The highest BCUT2D eigenvalue weighted by atomic mass is 15.0. The zero-order valence-electron chi connectivity index (χ0n) is 62.0. The molecule has 0 bridgehead atoms. The van der Waals surface area contributed by atoms with Crippen molar-refractivity contribution >= 4 is 21.5 Å². The Morgan fingerprint density at radius 3 is 0.705 bits per heavy atom. The Morgan fingerprint density at radius 1 is 0.179 bits per heavy atom. The summed E-state index contributed by atoms with van der Waals surface area (Å²) in [4.78, 5) is 39.3. The summed E-state index contributed by atoms with van der Waals surface area (Å²) in [5.41, 5.74) is 28.8. The SMILES string of the molecule is Cc1ccc(-c2ccc(-c3nc(-c4ccccc4)nc(-c4ccc(-c5ccc(-c6ccc(-c7ccc(C#N)cc7)cc6)c6ccccc56)cc4)n3)cc2)c(C)n1.Cc1ccc(-c2cccc(-c3nc(-c4ccccc4)nc(-c4ccc(-c5ccc(-c6ccc(-c7ccc(C#N)cc7)cc6)c6ccccc56)cc4)n3)c2)c(C)n1. The first-order chi connectivity index (χ1) is 55.0. The maximum atomic E-state index is 9.18. The van der Waals surface area contributed by atoms with Gasteiger partial charge in [-0.25, -0.2) is 29.9 Å². The van der Waals surface area contributed by atoms with Gasteiger partial charge in [0.25, 0.3) is 0 Å². The van der Waals surface area contributed by atoms with E-state index >= 15 is 0 Å². The Hall–Kier alpha value is -15.1. The molecule has 528 valence electrons. The van der Waals surface area contributed by atoms with Gasteiger partial charge in [-0.2, -0.15) is 10.5 Å². The van der Waals surface area contributed by atoms with Crippen LogP contribution in [0.2, 0.25) is 0 Å². The Kier molecular flexibility index (Phi) is 19.4. The van der Waals surface area contributed by atoms with Crippen LogP contribution in [0.4, 0.5) is 0 Å². The van der Waals surface area contributed by atoms with E-state index in [4.69, 9.17) is 34.9 Å². The van der Waals surface area contributed by atoms with Crippen molar-refractivity contribution in [3.8, 4) is 169 Å². The van der Waals surface area contributed by atoms with Crippen molar-refractivity contribution in [3.05, 3.63) is 386 Å². The molecule has 10 nitrogen and oxygen atoms in total. The van der Waals surface area contributed by atoms with Crippen LogP contribution < -0.4 is 0 Å². The van der Waals surface area contributed by atoms with Gasteiger partial charge in [0.2, 0.25) is 0 Å². The molecule has 10 heteroatoms. The number of nitriles is 2. The van der Waals surface area contributed by atoms with Crippen molar-refractivity contribution < 1.29 is 0 Å². The van der Waals surface area contributed by atoms with Crippen LogP contribution in [0, 0.1) is 50.4 Å². The summed E-state index contributed by atoms with van der Waals surface area (Å²) in [5, 5.41) is 23.1. The molecule has 4 aromatic heterocycles. The fraction of sp³-hybridized carbons (Fsp3) is 0.0392. The first kappa shape index (κ1) is 69.9. The molecule has 112 heavy (non-hydrogen) atoms. The van der Waals surface area contributed by atoms with Gasteiger partial charge in [0.1, 0.15) is 0 Å². The molecule has 14 aromatic carbocycles. The topological polar surface area (TPSA) is 151 Å². The average Bonchev–Trinajstić information content (AvgIpc) is 0.767. The molecule has 0 spiro atoms. The van der Waals surface area contributed by atoms with Crippen LogP contribution in [-0.2, 0) is 0 Å². The minimum absolute atomic E-state index is 0.614. The monoisotopic (exact) mass is 1430 g/mol. The number of pyridine rings is 2. The number of hydrogen-bond donors (Lipinski definition) is 0. The van der Waals surface area contributed by atoms with Gasteiger partial charge in [-0.05, 0) is 170 Å². The number of benzene rings is 14. The normalized spacial score (nSPS) is 11.0. The van der Waals surface area contributed by atoms with Crippen molar-refractivity contribution in [2.24, 2.45) is 0 Å². The minimum atomic E-state index is 0.614. The molecule has 0 aliphatic rings. The van der Waals surface area contributed by atoms with Crippen LogP contribution in [0.25, 0.3) is 179 Å². The second-order valence-electron chi connectivity index (χ2n) is 27.8. The number of aryl methyl sites for hydroxylation is 4. The quantitative estimate of drug-likeness (QED) is 0.103. The lowest BCUT2D eigenvalue weighted by atomic mass is 9.91. The minimum Gasteiger partial charge on any atom is -0.258 e. The predicted octanol–water partition coefficient (Wildman–Crippen LogP) is 25.2. The van der Waals surface area contributed by atoms with Gasteiger partial charge >= 0.3 is 0 Å². The fourth-order valence-corrected chi connectivity index (χ4v) is 14.7. The summed E-state index contributed by atoms with van der Waals surface area (Å²) >= 11 is 0. The summed E-state index contributed by atoms with van der Waals surface area (Å²) in [7, 11) is 0. The Labute approximate surface area is 650 Å². The van der Waals surface area contributed by atoms with Crippen molar-refractivity contribution in [2.75, 3.05) is 0 Å². The first-order valence-electron chi connectivity index (χ1n) is 37.2. The van der Waals surface area contributed by atoms with Crippen molar-refractivity contribution in [2.45, 2.75) is 27.7 Å². The van der Waals surface area contributed by atoms with E-state index < -0.39 is 0 Å². The second-order valence-corrected chi connectivity index (χ2v) is 27.8. The number of nitrogens with zero attached hydrogens (tertiary/aromatic N) is 10. The van der Waals surface area contributed by atoms with Crippen molar-refractivity contribution in [1.29, 1.82) is 10.5 Å². The molecule has 0 saturated heterocycles. The van der Waals surface area contributed by atoms with Gasteiger partial charge in [0.15, 0.2) is 34.9 Å². The van der Waals surface area contributed by atoms with Gasteiger partial charge in [-0.1, -0.05) is 309 Å². The van der Waals surface area contributed by atoms with E-state index in [0.717, 1.165) is 134 Å². The highest BCUT2D eigenvalue weighted by molar-refractivity contribution is 6.06. The molecule has 0 atom stereocenters. The van der Waals surface area contributed by atoms with E-state index in [1.54, 1.807) is 0 Å². The van der Waals surface area contributed by atoms with E-state index in [1.807, 2.05) is 155 Å². The van der Waals surface area contributed by atoms with Gasteiger partial charge in [0.05, 0.1) is 23.3 Å². The highest BCUT2D eigenvalue weighted by Gasteiger charge is 2.19. The van der Waals surface area contributed by atoms with Crippen LogP contribution in [0.1, 0.15) is 33.9 Å². The third kappa shape index (κ3) is 14.7. The Balaban J connectivity index is 0.000000163. The number of aromatic nitrogens is 8. The van der Waals surface area contributed by atoms with E-state index in [0.29, 0.717) is 46.1 Å². The van der Waals surface area contributed by atoms with E-state index in [2.05, 4.69) is 242 Å². The molecule has 0 aliphatic carbocycles. The number of fused-ring (bicyclic) bond motifs is 2. The zero-order valence-corrected chi connectivity index (χ0v) is 62.0. The molecule has 18 aromatic rings. The lowest BCUT2D eigenvalue weighted by molar-refractivity contribution is 1.07. The van der Waals surface area contributed by atoms with E-state index in [9.17, 15) is 10.5 Å². The van der Waals surface area contributed by atoms with Crippen LogP contribution in [-0.4, -0.2) is 39.9 Å². The van der Waals surface area contributed by atoms with Crippen LogP contribution in [0.3, 0.4) is 0 Å². The summed E-state index contributed by atoms with van der Waals surface area (Å²) in [5.74, 6) is 3.72. The number of rotatable bonds is 14. The number of hydrogen-bond acceptors (Lipinski definition) is 10. The Morgan fingerprint density at radius 2 is 0.402 bits per heavy atom. The molecule has 0 amide bonds. The lowest BCUT2D eigenvalue weighted by Crippen LogP contribution is -2.00. The van der Waals surface area contributed by atoms with Gasteiger partial charge < -0.3 is 0 Å². The predicted molar refractivity (Wildman–Crippen MR) is 455 cm³/mol. The maximum absolute atomic E-state index is 9.18. The summed E-state index contributed by atoms with van der Waals surface area (Å²) in [6.45, 7) is 8.11. The smallest absolute Gasteiger partial charge is 0.164 e. The molecule has 4 heterocycles. The highest BCUT2D eigenvalue weighted by Crippen LogP contribution is 2.41. The second kappa shape index (κ2) is 31.0. The van der Waals surface area contributed by atoms with Crippen molar-refractivity contribution in [3.63, 3.8) is 0 Å². The molecular formula is C102H70N10. The molecule has 0 unspecified atom stereocenters. The fourth-order valence-electron chi connectivity index (χ4n) is 14.7. The zero-order chi connectivity index (χ0) is 76.0. The first-order valence-corrected chi connectivity index (χ1v) is 37.2. The standard InChI is InChI=1S/2C51H35N5/c1-33-15-28-44(34(2)53-33)42-11-8-12-43(31-42)51-55-49(40-9-4-3-5-10-40)54-50(56-51)41-26-24-39(25-27-41)46-30-29-45(47-13-6-7-14-48(46)47)38-22-20-37(21-23-38)36-18-16-35(32-52)17-19-36;1-33-12-29-44(34(2)53-33)38-21-25-42(26-22-38)50-54-49(41-8-4-3-5-9-41)55-51(56-50)43-27-23-40(24-28-43)46-31-30-45(47-10-6-7-11-48(46)47)39-19-17-37(18-20-39)36-15-13-35(32-52)14-16-36/h2*3-31H,1-2H3. The van der Waals surface area contributed by atoms with Crippen LogP contribution in [0.5, 0.6) is 0 Å². The molecule has 0 saturated carbocycles. The van der Waals surface area contributed by atoms with Crippen LogP contribution in [0.15, 0.2) is 352 Å². The molecule has 18 rings (SSSR count). The third-order valence-electron chi connectivity index (χ3n) is 20.5. The largest absolute Gasteiger partial charge is 0.258 e. The molecule has 0 N–H and O–H groups in total. The van der Waals surface area contributed by atoms with Crippen molar-refractivity contribution in [1.82, 2.24) is 39.9 Å². The van der Waals surface area contributed by atoms with Gasteiger partial charge in [-0.15, -0.1) is 0 Å². The van der Waals surface area contributed by atoms with E-state index in [-0.39, 0.29) is 0 Å². The summed E-state index contributed by atoms with van der Waals surface area (Å²) in [6, 6.07) is 125. The molecular weight excluding hydrogens is 1370 g/mol. The van der Waals surface area contributed by atoms with Crippen LogP contribution >= 0.6 is 0 Å². The molecule has 0 fully saturated rings. The van der Waals surface area contributed by atoms with E-state index in [1.165, 1.54) is 32.7 Å². The lowest BCUT2D eigenvalue weighted by Gasteiger charge is -2.13.